The van der Waals surface area contributed by atoms with Crippen molar-refractivity contribution >= 4 is 16.7 Å². The molecule has 1 saturated heterocycles. The van der Waals surface area contributed by atoms with Gasteiger partial charge in [0, 0.05) is 31.1 Å². The Hall–Kier alpha value is -1.65. The van der Waals surface area contributed by atoms with E-state index < -0.39 is 0 Å². The number of piperazine rings is 1. The summed E-state index contributed by atoms with van der Waals surface area (Å²) in [6.45, 7) is 7.21. The Labute approximate surface area is 120 Å². The molecule has 1 aromatic carbocycles. The quantitative estimate of drug-likeness (QED) is 0.850. The van der Waals surface area contributed by atoms with Gasteiger partial charge in [-0.3, -0.25) is 5.84 Å². The molecule has 3 rings (SSSR count). The number of nitrogens with zero attached hydrogens (tertiary/aromatic N) is 3. The lowest BCUT2D eigenvalue weighted by Crippen LogP contribution is -2.58. The highest BCUT2D eigenvalue weighted by atomic mass is 15.5. The first-order valence-corrected chi connectivity index (χ1v) is 7.27. The van der Waals surface area contributed by atoms with Gasteiger partial charge in [0.15, 0.2) is 0 Å². The molecule has 0 bridgehead atoms. The van der Waals surface area contributed by atoms with Crippen molar-refractivity contribution in [3.63, 3.8) is 0 Å². The van der Waals surface area contributed by atoms with Gasteiger partial charge in [0.25, 0.3) is 0 Å². The molecule has 4 nitrogen and oxygen atoms in total. The van der Waals surface area contributed by atoms with Crippen LogP contribution in [0.4, 0.5) is 5.82 Å². The predicted molar refractivity (Wildman–Crippen MR) is 83.5 cm³/mol. The molecule has 2 heterocycles. The Balaban J connectivity index is 1.87. The third kappa shape index (κ3) is 2.49. The van der Waals surface area contributed by atoms with Gasteiger partial charge in [-0.25, -0.2) is 9.99 Å². The molecule has 1 fully saturated rings. The van der Waals surface area contributed by atoms with Crippen molar-refractivity contribution in [3.8, 4) is 0 Å². The van der Waals surface area contributed by atoms with Crippen LogP contribution in [-0.4, -0.2) is 35.7 Å². The summed E-state index contributed by atoms with van der Waals surface area (Å²) in [4.78, 5) is 7.13. The Morgan fingerprint density at radius 2 is 1.95 bits per heavy atom. The van der Waals surface area contributed by atoms with Gasteiger partial charge in [-0.05, 0) is 24.1 Å². The lowest BCUT2D eigenvalue weighted by molar-refractivity contribution is 0.140. The molecular formula is C16H22N4. The second-order valence-electron chi connectivity index (χ2n) is 5.86. The second-order valence-corrected chi connectivity index (χ2v) is 5.86. The van der Waals surface area contributed by atoms with E-state index in [9.17, 15) is 0 Å². The summed E-state index contributed by atoms with van der Waals surface area (Å²) in [7, 11) is 0. The average molecular weight is 270 g/mol. The van der Waals surface area contributed by atoms with Crippen molar-refractivity contribution in [1.82, 2.24) is 9.99 Å². The van der Waals surface area contributed by atoms with Crippen LogP contribution in [-0.2, 0) is 0 Å². The topological polar surface area (TPSA) is 45.4 Å². The fraction of sp³-hybridized carbons (Fsp3) is 0.438. The molecule has 0 amide bonds. The number of rotatable bonds is 2. The monoisotopic (exact) mass is 270 g/mol. The lowest BCUT2D eigenvalue weighted by Gasteiger charge is -2.41. The third-order valence-corrected chi connectivity index (χ3v) is 4.14. The van der Waals surface area contributed by atoms with Gasteiger partial charge in [-0.2, -0.15) is 0 Å². The van der Waals surface area contributed by atoms with E-state index in [1.807, 2.05) is 17.1 Å². The van der Waals surface area contributed by atoms with Crippen molar-refractivity contribution in [1.29, 1.82) is 0 Å². The van der Waals surface area contributed by atoms with E-state index in [1.54, 1.807) is 0 Å². The first-order chi connectivity index (χ1) is 9.65. The van der Waals surface area contributed by atoms with Gasteiger partial charge in [0.2, 0.25) is 0 Å². The van der Waals surface area contributed by atoms with Crippen molar-refractivity contribution in [3.05, 3.63) is 36.4 Å². The molecule has 1 aliphatic heterocycles. The highest BCUT2D eigenvalue weighted by Gasteiger charge is 2.27. The Bertz CT molecular complexity index is 596. The molecule has 1 aliphatic rings. The molecule has 0 radical (unpaired) electrons. The minimum Gasteiger partial charge on any atom is -0.354 e. The smallest absolute Gasteiger partial charge is 0.129 e. The fourth-order valence-electron chi connectivity index (χ4n) is 2.86. The van der Waals surface area contributed by atoms with Gasteiger partial charge in [0.05, 0.1) is 5.52 Å². The molecule has 1 unspecified atom stereocenters. The highest BCUT2D eigenvalue weighted by Crippen LogP contribution is 2.22. The van der Waals surface area contributed by atoms with E-state index in [0.29, 0.717) is 12.0 Å². The summed E-state index contributed by atoms with van der Waals surface area (Å²) < 4.78 is 0. The Kier molecular flexibility index (Phi) is 3.59. The standard InChI is InChI=1S/C16H22N4/c1-12(2)15-11-19(9-10-20(15)17)16-8-7-13-5-3-4-6-14(13)18-16/h3-8,12,15H,9-11,17H2,1-2H3. The molecule has 0 spiro atoms. The van der Waals surface area contributed by atoms with E-state index in [1.165, 1.54) is 5.39 Å². The van der Waals surface area contributed by atoms with Gasteiger partial charge in [0.1, 0.15) is 5.82 Å². The summed E-state index contributed by atoms with van der Waals surface area (Å²) in [5.41, 5.74) is 1.06. The van der Waals surface area contributed by atoms with Crippen LogP contribution in [0.5, 0.6) is 0 Å². The fourth-order valence-corrected chi connectivity index (χ4v) is 2.86. The molecule has 4 heteroatoms. The molecular weight excluding hydrogens is 248 g/mol. The number of para-hydroxylation sites is 1. The zero-order chi connectivity index (χ0) is 14.1. The minimum absolute atomic E-state index is 0.386. The van der Waals surface area contributed by atoms with Gasteiger partial charge >= 0.3 is 0 Å². The van der Waals surface area contributed by atoms with Crippen LogP contribution < -0.4 is 10.7 Å². The summed E-state index contributed by atoms with van der Waals surface area (Å²) in [5.74, 6) is 7.70. The number of aromatic nitrogens is 1. The maximum Gasteiger partial charge on any atom is 0.129 e. The largest absolute Gasteiger partial charge is 0.354 e. The van der Waals surface area contributed by atoms with Crippen molar-refractivity contribution < 1.29 is 0 Å². The maximum absolute atomic E-state index is 6.10. The number of hydrogen-bond donors (Lipinski definition) is 1. The zero-order valence-electron chi connectivity index (χ0n) is 12.2. The van der Waals surface area contributed by atoms with Crippen LogP contribution in [0.1, 0.15) is 13.8 Å². The number of benzene rings is 1. The number of nitrogens with two attached hydrogens (primary N) is 1. The van der Waals surface area contributed by atoms with E-state index in [4.69, 9.17) is 10.8 Å². The third-order valence-electron chi connectivity index (χ3n) is 4.14. The second kappa shape index (κ2) is 5.38. The Morgan fingerprint density at radius 1 is 1.15 bits per heavy atom. The van der Waals surface area contributed by atoms with E-state index in [2.05, 4.69) is 43.0 Å². The lowest BCUT2D eigenvalue weighted by atomic mass is 10.0. The van der Waals surface area contributed by atoms with Crippen LogP contribution in [0.15, 0.2) is 36.4 Å². The summed E-state index contributed by atoms with van der Waals surface area (Å²) in [6, 6.07) is 12.9. The summed E-state index contributed by atoms with van der Waals surface area (Å²) in [5, 5.41) is 3.16. The minimum atomic E-state index is 0.386. The van der Waals surface area contributed by atoms with Crippen molar-refractivity contribution in [2.45, 2.75) is 19.9 Å². The molecule has 0 saturated carbocycles. The van der Waals surface area contributed by atoms with Crippen LogP contribution in [0, 0.1) is 5.92 Å². The summed E-state index contributed by atoms with van der Waals surface area (Å²) in [6.07, 6.45) is 0. The molecule has 106 valence electrons. The van der Waals surface area contributed by atoms with Gasteiger partial charge in [-0.1, -0.05) is 32.0 Å². The van der Waals surface area contributed by atoms with E-state index in [0.717, 1.165) is 31.0 Å². The molecule has 2 aromatic rings. The van der Waals surface area contributed by atoms with Crippen molar-refractivity contribution in [2.75, 3.05) is 24.5 Å². The molecule has 1 atom stereocenters. The van der Waals surface area contributed by atoms with E-state index >= 15 is 0 Å². The number of hydrogen-bond acceptors (Lipinski definition) is 4. The van der Waals surface area contributed by atoms with Crippen LogP contribution in [0.2, 0.25) is 0 Å². The number of pyridine rings is 1. The number of hydrazine groups is 1. The highest BCUT2D eigenvalue weighted by molar-refractivity contribution is 5.80. The molecule has 1 aromatic heterocycles. The predicted octanol–water partition coefficient (Wildman–Crippen LogP) is 2.26. The van der Waals surface area contributed by atoms with E-state index in [-0.39, 0.29) is 0 Å². The zero-order valence-corrected chi connectivity index (χ0v) is 12.2. The van der Waals surface area contributed by atoms with Gasteiger partial charge < -0.3 is 4.90 Å². The number of anilines is 1. The number of fused-ring (bicyclic) bond motifs is 1. The molecule has 20 heavy (non-hydrogen) atoms. The SMILES string of the molecule is CC(C)C1CN(c2ccc3ccccc3n2)CCN1N. The normalized spacial score (nSPS) is 20.8. The summed E-state index contributed by atoms with van der Waals surface area (Å²) >= 11 is 0. The van der Waals surface area contributed by atoms with Crippen LogP contribution in [0.25, 0.3) is 10.9 Å². The van der Waals surface area contributed by atoms with Crippen LogP contribution in [0.3, 0.4) is 0 Å². The molecule has 2 N–H and O–H groups in total. The first-order valence-electron chi connectivity index (χ1n) is 7.27. The molecule has 0 aliphatic carbocycles. The maximum atomic E-state index is 6.10. The van der Waals surface area contributed by atoms with Crippen LogP contribution >= 0.6 is 0 Å². The average Bonchev–Trinajstić information content (AvgIpc) is 2.47. The van der Waals surface area contributed by atoms with Gasteiger partial charge in [-0.15, -0.1) is 0 Å². The van der Waals surface area contributed by atoms with Crippen molar-refractivity contribution in [2.24, 2.45) is 11.8 Å². The first kappa shape index (κ1) is 13.3. The Morgan fingerprint density at radius 3 is 2.75 bits per heavy atom.